The molecule has 0 fully saturated rings. The molecule has 0 saturated heterocycles. The maximum Gasteiger partial charge on any atom is 0.262 e. The number of rotatable bonds is 9. The number of carbonyl (C=O) groups excluding carboxylic acids is 1. The molecule has 3 N–H and O–H groups in total. The highest BCUT2D eigenvalue weighted by Crippen LogP contribution is 2.21. The molecule has 0 radical (unpaired) electrons. The molecular formula is C19H25ClFN3O3S. The van der Waals surface area contributed by atoms with Gasteiger partial charge in [-0.1, -0.05) is 25.1 Å². The highest BCUT2D eigenvalue weighted by molar-refractivity contribution is 7.92. The van der Waals surface area contributed by atoms with Crippen LogP contribution in [0.1, 0.15) is 29.3 Å². The molecule has 6 nitrogen and oxygen atoms in total. The van der Waals surface area contributed by atoms with Gasteiger partial charge in [-0.05, 0) is 49.7 Å². The molecule has 2 aromatic carbocycles. The second kappa shape index (κ2) is 11.0. The van der Waals surface area contributed by atoms with E-state index in [0.717, 1.165) is 13.0 Å². The molecule has 9 heteroatoms. The summed E-state index contributed by atoms with van der Waals surface area (Å²) in [4.78, 5) is 12.3. The average Bonchev–Trinajstić information content (AvgIpc) is 2.63. The topological polar surface area (TPSA) is 87.3 Å². The second-order valence-electron chi connectivity index (χ2n) is 6.07. The maximum absolute atomic E-state index is 13.7. The third-order valence-electron chi connectivity index (χ3n) is 3.90. The fourth-order valence-electron chi connectivity index (χ4n) is 2.42. The molecule has 0 saturated carbocycles. The number of hydrogen-bond donors (Lipinski definition) is 3. The molecule has 0 aliphatic rings. The molecule has 0 unspecified atom stereocenters. The van der Waals surface area contributed by atoms with Crippen molar-refractivity contribution in [2.75, 3.05) is 24.4 Å². The molecule has 1 amide bonds. The lowest BCUT2D eigenvalue weighted by molar-refractivity contribution is 0.0953. The number of amides is 1. The van der Waals surface area contributed by atoms with Crippen molar-refractivity contribution in [3.8, 4) is 0 Å². The number of nitrogens with one attached hydrogen (secondary N) is 3. The minimum Gasteiger partial charge on any atom is -0.351 e. The van der Waals surface area contributed by atoms with Crippen LogP contribution in [0.5, 0.6) is 0 Å². The van der Waals surface area contributed by atoms with Crippen molar-refractivity contribution < 1.29 is 17.6 Å². The molecule has 2 aromatic rings. The Morgan fingerprint density at radius 2 is 1.79 bits per heavy atom. The Balaban J connectivity index is 0.00000392. The van der Waals surface area contributed by atoms with Crippen LogP contribution in [-0.4, -0.2) is 34.0 Å². The first-order chi connectivity index (χ1) is 12.8. The number of halogens is 2. The third-order valence-corrected chi connectivity index (χ3v) is 5.26. The molecule has 2 rings (SSSR count). The Labute approximate surface area is 171 Å². The molecule has 0 bridgehead atoms. The number of para-hydroxylation sites is 1. The number of carbonyl (C=O) groups is 1. The predicted octanol–water partition coefficient (Wildman–Crippen LogP) is 3.09. The molecule has 0 aliphatic carbocycles. The summed E-state index contributed by atoms with van der Waals surface area (Å²) >= 11 is 0. The fraction of sp³-hybridized carbons (Fsp3) is 0.316. The predicted molar refractivity (Wildman–Crippen MR) is 111 cm³/mol. The molecule has 0 heterocycles. The molecule has 28 heavy (non-hydrogen) atoms. The van der Waals surface area contributed by atoms with E-state index < -0.39 is 15.8 Å². The summed E-state index contributed by atoms with van der Waals surface area (Å²) in [5.74, 6) is -1.03. The van der Waals surface area contributed by atoms with Crippen LogP contribution in [0.3, 0.4) is 0 Å². The molecule has 154 valence electrons. The molecule has 0 atom stereocenters. The molecule has 0 aliphatic heterocycles. The van der Waals surface area contributed by atoms with Crippen LogP contribution >= 0.6 is 12.4 Å². The van der Waals surface area contributed by atoms with Crippen LogP contribution < -0.4 is 15.4 Å². The van der Waals surface area contributed by atoms with Gasteiger partial charge in [0, 0.05) is 18.7 Å². The minimum absolute atomic E-state index is 0. The number of aryl methyl sites for hydroxylation is 1. The minimum atomic E-state index is -4.02. The highest BCUT2D eigenvalue weighted by Gasteiger charge is 2.19. The van der Waals surface area contributed by atoms with E-state index in [0.29, 0.717) is 18.7 Å². The van der Waals surface area contributed by atoms with E-state index in [4.69, 9.17) is 0 Å². The van der Waals surface area contributed by atoms with Gasteiger partial charge in [0.15, 0.2) is 0 Å². The van der Waals surface area contributed by atoms with Crippen molar-refractivity contribution in [1.29, 1.82) is 0 Å². The summed E-state index contributed by atoms with van der Waals surface area (Å²) in [5, 5.41) is 5.93. The van der Waals surface area contributed by atoms with E-state index in [9.17, 15) is 17.6 Å². The van der Waals surface area contributed by atoms with Gasteiger partial charge in [0.1, 0.15) is 5.82 Å². The van der Waals surface area contributed by atoms with Crippen molar-refractivity contribution in [2.45, 2.75) is 25.2 Å². The van der Waals surface area contributed by atoms with Crippen molar-refractivity contribution in [3.63, 3.8) is 0 Å². The fourth-order valence-corrected chi connectivity index (χ4v) is 3.52. The Kier molecular flexibility index (Phi) is 9.37. The van der Waals surface area contributed by atoms with Crippen molar-refractivity contribution in [3.05, 3.63) is 59.4 Å². The van der Waals surface area contributed by atoms with Gasteiger partial charge in [0.2, 0.25) is 0 Å². The number of sulfonamides is 1. The zero-order chi connectivity index (χ0) is 19.9. The standard InChI is InChI=1S/C19H24FN3O3S.ClH/c1-3-10-21-11-12-22-19(24)16-13-15(9-8-14(16)2)27(25,26)23-18-7-5-4-6-17(18)20;/h4-9,13,21,23H,3,10-12H2,1-2H3,(H,22,24);1H. The molecular weight excluding hydrogens is 405 g/mol. The van der Waals surface area contributed by atoms with Gasteiger partial charge in [-0.15, -0.1) is 12.4 Å². The van der Waals surface area contributed by atoms with Gasteiger partial charge >= 0.3 is 0 Å². The lowest BCUT2D eigenvalue weighted by Gasteiger charge is -2.12. The van der Waals surface area contributed by atoms with E-state index in [2.05, 4.69) is 22.3 Å². The number of benzene rings is 2. The first-order valence-electron chi connectivity index (χ1n) is 8.72. The largest absolute Gasteiger partial charge is 0.351 e. The van der Waals surface area contributed by atoms with E-state index >= 15 is 0 Å². The van der Waals surface area contributed by atoms with Crippen LogP contribution in [0.25, 0.3) is 0 Å². The van der Waals surface area contributed by atoms with E-state index in [1.807, 2.05) is 0 Å². The Bertz CT molecular complexity index is 907. The van der Waals surface area contributed by atoms with Gasteiger partial charge in [0.25, 0.3) is 15.9 Å². The van der Waals surface area contributed by atoms with Gasteiger partial charge in [0.05, 0.1) is 10.6 Å². The Hall–Kier alpha value is -2.16. The first kappa shape index (κ1) is 23.9. The lowest BCUT2D eigenvalue weighted by atomic mass is 10.1. The van der Waals surface area contributed by atoms with Crippen molar-refractivity contribution in [1.82, 2.24) is 10.6 Å². The zero-order valence-electron chi connectivity index (χ0n) is 15.8. The summed E-state index contributed by atoms with van der Waals surface area (Å²) in [6, 6.07) is 9.74. The maximum atomic E-state index is 13.7. The van der Waals surface area contributed by atoms with Crippen LogP contribution in [0, 0.1) is 12.7 Å². The smallest absolute Gasteiger partial charge is 0.262 e. The van der Waals surface area contributed by atoms with Crippen LogP contribution in [0.2, 0.25) is 0 Å². The van der Waals surface area contributed by atoms with Crippen LogP contribution in [-0.2, 0) is 10.0 Å². The number of anilines is 1. The van der Waals surface area contributed by atoms with Crippen LogP contribution in [0.4, 0.5) is 10.1 Å². The van der Waals surface area contributed by atoms with E-state index in [1.165, 1.54) is 36.4 Å². The summed E-state index contributed by atoms with van der Waals surface area (Å²) in [6.07, 6.45) is 1.00. The monoisotopic (exact) mass is 429 g/mol. The van der Waals surface area contributed by atoms with Crippen molar-refractivity contribution >= 4 is 34.0 Å². The van der Waals surface area contributed by atoms with Gasteiger partial charge in [-0.3, -0.25) is 9.52 Å². The Morgan fingerprint density at radius 1 is 1.07 bits per heavy atom. The second-order valence-corrected chi connectivity index (χ2v) is 7.75. The van der Waals surface area contributed by atoms with Gasteiger partial charge in [-0.25, -0.2) is 12.8 Å². The van der Waals surface area contributed by atoms with E-state index in [-0.39, 0.29) is 34.5 Å². The summed E-state index contributed by atoms with van der Waals surface area (Å²) in [7, 11) is -4.02. The van der Waals surface area contributed by atoms with E-state index in [1.54, 1.807) is 13.0 Å². The van der Waals surface area contributed by atoms with Gasteiger partial charge in [-0.2, -0.15) is 0 Å². The zero-order valence-corrected chi connectivity index (χ0v) is 17.4. The average molecular weight is 430 g/mol. The normalized spacial score (nSPS) is 10.8. The quantitative estimate of drug-likeness (QED) is 0.534. The first-order valence-corrected chi connectivity index (χ1v) is 10.2. The SMILES string of the molecule is CCCNCCNC(=O)c1cc(S(=O)(=O)Nc2ccccc2F)ccc1C.Cl. The van der Waals surface area contributed by atoms with Gasteiger partial charge < -0.3 is 10.6 Å². The summed E-state index contributed by atoms with van der Waals surface area (Å²) < 4.78 is 41.1. The molecule has 0 spiro atoms. The summed E-state index contributed by atoms with van der Waals surface area (Å²) in [5.41, 5.74) is 0.770. The Morgan fingerprint density at radius 3 is 2.46 bits per heavy atom. The number of hydrogen-bond acceptors (Lipinski definition) is 4. The molecule has 0 aromatic heterocycles. The van der Waals surface area contributed by atoms with Crippen LogP contribution in [0.15, 0.2) is 47.4 Å². The lowest BCUT2D eigenvalue weighted by Crippen LogP contribution is -2.32. The third kappa shape index (κ3) is 6.47. The summed E-state index contributed by atoms with van der Waals surface area (Å²) in [6.45, 7) is 5.71. The highest BCUT2D eigenvalue weighted by atomic mass is 35.5. The van der Waals surface area contributed by atoms with Crippen molar-refractivity contribution in [2.24, 2.45) is 0 Å².